The molecule has 21 heavy (non-hydrogen) atoms. The topological polar surface area (TPSA) is 43.4 Å². The van der Waals surface area contributed by atoms with Crippen molar-refractivity contribution in [3.05, 3.63) is 69.2 Å². The van der Waals surface area contributed by atoms with Crippen molar-refractivity contribution in [1.29, 1.82) is 0 Å². The van der Waals surface area contributed by atoms with Crippen LogP contribution in [0.5, 0.6) is 0 Å². The molecule has 2 aromatic carbocycles. The van der Waals surface area contributed by atoms with Gasteiger partial charge in [-0.1, -0.05) is 39.7 Å². The van der Waals surface area contributed by atoms with Crippen LogP contribution in [0, 0.1) is 0 Å². The quantitative estimate of drug-likeness (QED) is 0.591. The van der Waals surface area contributed by atoms with Gasteiger partial charge in [-0.2, -0.15) is 0 Å². The second-order valence-electron chi connectivity index (χ2n) is 4.39. The van der Waals surface area contributed by atoms with Crippen LogP contribution in [0.4, 0.5) is 0 Å². The number of halogens is 2. The van der Waals surface area contributed by atoms with Crippen LogP contribution in [0.1, 0.15) is 15.9 Å². The smallest absolute Gasteiger partial charge is 0.310 e. The molecule has 0 aliphatic rings. The lowest BCUT2D eigenvalue weighted by atomic mass is 10.1. The number of ketones is 1. The van der Waals surface area contributed by atoms with Crippen molar-refractivity contribution in [2.75, 3.05) is 6.61 Å². The molecule has 2 rings (SSSR count). The molecule has 108 valence electrons. The molecule has 0 saturated heterocycles. The van der Waals surface area contributed by atoms with Crippen LogP contribution in [0.15, 0.2) is 53.0 Å². The molecule has 0 unspecified atom stereocenters. The number of carbonyl (C=O) groups is 2. The van der Waals surface area contributed by atoms with Gasteiger partial charge >= 0.3 is 5.97 Å². The molecule has 0 spiro atoms. The Balaban J connectivity index is 1.84. The molecule has 0 heterocycles. The fourth-order valence-electron chi connectivity index (χ4n) is 1.69. The van der Waals surface area contributed by atoms with E-state index in [0.717, 1.165) is 10.0 Å². The Kier molecular flexibility index (Phi) is 5.53. The molecule has 0 aliphatic heterocycles. The third kappa shape index (κ3) is 4.99. The largest absolute Gasteiger partial charge is 0.457 e. The summed E-state index contributed by atoms with van der Waals surface area (Å²) in [6, 6.07) is 13.8. The summed E-state index contributed by atoms with van der Waals surface area (Å²) in [7, 11) is 0. The van der Waals surface area contributed by atoms with Gasteiger partial charge < -0.3 is 4.74 Å². The highest BCUT2D eigenvalue weighted by Gasteiger charge is 2.10. The van der Waals surface area contributed by atoms with Gasteiger partial charge in [0.25, 0.3) is 0 Å². The monoisotopic (exact) mass is 366 g/mol. The van der Waals surface area contributed by atoms with E-state index in [0.29, 0.717) is 10.6 Å². The van der Waals surface area contributed by atoms with Crippen molar-refractivity contribution in [3.63, 3.8) is 0 Å². The average molecular weight is 368 g/mol. The Hall–Kier alpha value is -1.65. The van der Waals surface area contributed by atoms with E-state index in [2.05, 4.69) is 15.9 Å². The molecular formula is C16H12BrClO3. The van der Waals surface area contributed by atoms with Gasteiger partial charge in [0.05, 0.1) is 6.42 Å². The zero-order valence-corrected chi connectivity index (χ0v) is 13.4. The molecular weight excluding hydrogens is 356 g/mol. The number of ether oxygens (including phenoxy) is 1. The molecule has 0 bridgehead atoms. The molecule has 3 nitrogen and oxygen atoms in total. The van der Waals surface area contributed by atoms with Crippen molar-refractivity contribution >= 4 is 39.3 Å². The first-order valence-electron chi connectivity index (χ1n) is 6.23. The summed E-state index contributed by atoms with van der Waals surface area (Å²) in [6.07, 6.45) is 0.140. The van der Waals surface area contributed by atoms with Crippen LogP contribution >= 0.6 is 27.5 Å². The standard InChI is InChI=1S/C16H12BrClO3/c17-13-5-1-11(2-6-13)9-16(20)21-10-15(19)12-3-7-14(18)8-4-12/h1-8H,9-10H2. The minimum Gasteiger partial charge on any atom is -0.457 e. The van der Waals surface area contributed by atoms with Gasteiger partial charge in [0.2, 0.25) is 0 Å². The van der Waals surface area contributed by atoms with E-state index in [1.54, 1.807) is 24.3 Å². The summed E-state index contributed by atoms with van der Waals surface area (Å²) in [4.78, 5) is 23.5. The maximum absolute atomic E-state index is 11.8. The van der Waals surface area contributed by atoms with Crippen LogP contribution in [-0.4, -0.2) is 18.4 Å². The highest BCUT2D eigenvalue weighted by molar-refractivity contribution is 9.10. The van der Waals surface area contributed by atoms with Crippen molar-refractivity contribution in [3.8, 4) is 0 Å². The van der Waals surface area contributed by atoms with Crippen LogP contribution in [-0.2, 0) is 16.0 Å². The summed E-state index contributed by atoms with van der Waals surface area (Å²) < 4.78 is 5.93. The molecule has 0 fully saturated rings. The summed E-state index contributed by atoms with van der Waals surface area (Å²) in [5.74, 6) is -0.685. The number of hydrogen-bond donors (Lipinski definition) is 0. The van der Waals surface area contributed by atoms with Gasteiger partial charge in [-0.15, -0.1) is 0 Å². The fraction of sp³-hybridized carbons (Fsp3) is 0.125. The first-order chi connectivity index (χ1) is 10.0. The first kappa shape index (κ1) is 15.7. The van der Waals surface area contributed by atoms with E-state index >= 15 is 0 Å². The van der Waals surface area contributed by atoms with Crippen molar-refractivity contribution in [2.45, 2.75) is 6.42 Å². The number of esters is 1. The van der Waals surface area contributed by atoms with Gasteiger partial charge in [-0.3, -0.25) is 9.59 Å². The van der Waals surface area contributed by atoms with Crippen LogP contribution in [0.25, 0.3) is 0 Å². The summed E-state index contributed by atoms with van der Waals surface area (Å²) >= 11 is 9.07. The number of benzene rings is 2. The van der Waals surface area contributed by atoms with Gasteiger partial charge in [0.1, 0.15) is 0 Å². The summed E-state index contributed by atoms with van der Waals surface area (Å²) in [5, 5.41) is 0.554. The third-order valence-electron chi connectivity index (χ3n) is 2.79. The first-order valence-corrected chi connectivity index (χ1v) is 7.40. The lowest BCUT2D eigenvalue weighted by Gasteiger charge is -2.05. The van der Waals surface area contributed by atoms with Crippen LogP contribution < -0.4 is 0 Å². The predicted octanol–water partition coefficient (Wildman–Crippen LogP) is 4.07. The zero-order chi connectivity index (χ0) is 15.2. The van der Waals surface area contributed by atoms with E-state index < -0.39 is 5.97 Å². The average Bonchev–Trinajstić information content (AvgIpc) is 2.48. The minimum atomic E-state index is -0.431. The Morgan fingerprint density at radius 2 is 1.62 bits per heavy atom. The van der Waals surface area contributed by atoms with Gasteiger partial charge in [-0.25, -0.2) is 0 Å². The molecule has 0 aliphatic carbocycles. The van der Waals surface area contributed by atoms with E-state index in [4.69, 9.17) is 16.3 Å². The molecule has 0 saturated carbocycles. The Morgan fingerprint density at radius 3 is 2.24 bits per heavy atom. The number of carbonyl (C=O) groups excluding carboxylic acids is 2. The second kappa shape index (κ2) is 7.38. The van der Waals surface area contributed by atoms with Crippen molar-refractivity contribution in [2.24, 2.45) is 0 Å². The van der Waals surface area contributed by atoms with E-state index in [9.17, 15) is 9.59 Å². The van der Waals surface area contributed by atoms with Crippen LogP contribution in [0.3, 0.4) is 0 Å². The maximum atomic E-state index is 11.8. The number of rotatable bonds is 5. The Bertz CT molecular complexity index is 636. The third-order valence-corrected chi connectivity index (χ3v) is 3.57. The molecule has 0 amide bonds. The molecule has 0 radical (unpaired) electrons. The van der Waals surface area contributed by atoms with E-state index in [1.807, 2.05) is 24.3 Å². The van der Waals surface area contributed by atoms with Crippen molar-refractivity contribution < 1.29 is 14.3 Å². The Labute approximate surface area is 136 Å². The SMILES string of the molecule is O=C(Cc1ccc(Br)cc1)OCC(=O)c1ccc(Cl)cc1. The van der Waals surface area contributed by atoms with Gasteiger partial charge in [0.15, 0.2) is 12.4 Å². The highest BCUT2D eigenvalue weighted by Crippen LogP contribution is 2.12. The van der Waals surface area contributed by atoms with E-state index in [1.165, 1.54) is 0 Å². The molecule has 0 N–H and O–H groups in total. The second-order valence-corrected chi connectivity index (χ2v) is 5.75. The van der Waals surface area contributed by atoms with Crippen LogP contribution in [0.2, 0.25) is 5.02 Å². The number of hydrogen-bond acceptors (Lipinski definition) is 3. The zero-order valence-electron chi connectivity index (χ0n) is 11.0. The summed E-state index contributed by atoms with van der Waals surface area (Å²) in [6.45, 7) is -0.267. The normalized spacial score (nSPS) is 10.2. The van der Waals surface area contributed by atoms with Gasteiger partial charge in [0, 0.05) is 15.1 Å². The molecule has 5 heteroatoms. The lowest BCUT2D eigenvalue weighted by molar-refractivity contribution is -0.141. The summed E-state index contributed by atoms with van der Waals surface area (Å²) in [5.41, 5.74) is 1.30. The van der Waals surface area contributed by atoms with Gasteiger partial charge in [-0.05, 0) is 42.0 Å². The van der Waals surface area contributed by atoms with Crippen molar-refractivity contribution in [1.82, 2.24) is 0 Å². The maximum Gasteiger partial charge on any atom is 0.310 e. The molecule has 0 aromatic heterocycles. The lowest BCUT2D eigenvalue weighted by Crippen LogP contribution is -2.15. The minimum absolute atomic E-state index is 0.140. The highest BCUT2D eigenvalue weighted by atomic mass is 79.9. The Morgan fingerprint density at radius 1 is 1.00 bits per heavy atom. The predicted molar refractivity (Wildman–Crippen MR) is 84.6 cm³/mol. The van der Waals surface area contributed by atoms with E-state index in [-0.39, 0.29) is 18.8 Å². The number of Topliss-reactive ketones (excluding diaryl/α,β-unsaturated/α-hetero) is 1. The molecule has 2 aromatic rings. The molecule has 0 atom stereocenters. The fourth-order valence-corrected chi connectivity index (χ4v) is 2.08.